The van der Waals surface area contributed by atoms with Gasteiger partial charge in [0.05, 0.1) is 33.7 Å². The van der Waals surface area contributed by atoms with Gasteiger partial charge in [0, 0.05) is 16.7 Å². The summed E-state index contributed by atoms with van der Waals surface area (Å²) >= 11 is 0. The number of methoxy groups -OCH3 is 1. The Morgan fingerprint density at radius 2 is 1.24 bits per heavy atom. The van der Waals surface area contributed by atoms with Crippen LogP contribution in [0.5, 0.6) is 0 Å². The molecule has 206 valence electrons. The van der Waals surface area contributed by atoms with Crippen molar-refractivity contribution < 1.29 is 40.6 Å². The van der Waals surface area contributed by atoms with E-state index in [0.717, 1.165) is 0 Å². The molecule has 0 aromatic heterocycles. The maximum Gasteiger partial charge on any atom is 0.337 e. The van der Waals surface area contributed by atoms with E-state index in [1.807, 2.05) is 0 Å². The van der Waals surface area contributed by atoms with E-state index in [-0.39, 0.29) is 33.2 Å². The van der Waals surface area contributed by atoms with Gasteiger partial charge in [0.25, 0.3) is 5.91 Å². The number of carbonyl (C=O) groups excluding carboxylic acids is 2. The van der Waals surface area contributed by atoms with Crippen molar-refractivity contribution in [1.29, 1.82) is 0 Å². The molecule has 0 bridgehead atoms. The second-order valence-corrected chi connectivity index (χ2v) is 13.3. The van der Waals surface area contributed by atoms with Gasteiger partial charge in [0.2, 0.25) is 19.7 Å². The van der Waals surface area contributed by atoms with Gasteiger partial charge in [-0.15, -0.1) is 0 Å². The van der Waals surface area contributed by atoms with Crippen molar-refractivity contribution in [3.63, 3.8) is 0 Å². The fourth-order valence-corrected chi connectivity index (χ4v) is 6.82. The Morgan fingerprint density at radius 1 is 0.816 bits per heavy atom. The van der Waals surface area contributed by atoms with Crippen LogP contribution in [0.2, 0.25) is 0 Å². The number of nitrogens with zero attached hydrogens (tertiary/aromatic N) is 1. The third kappa shape index (κ3) is 5.88. The highest BCUT2D eigenvalue weighted by Gasteiger charge is 2.38. The van der Waals surface area contributed by atoms with Gasteiger partial charge < -0.3 is 25.7 Å². The zero-order valence-corrected chi connectivity index (χ0v) is 23.1. The normalized spacial score (nSPS) is 19.4. The van der Waals surface area contributed by atoms with Gasteiger partial charge in [-0.2, -0.15) is 4.99 Å². The van der Waals surface area contributed by atoms with Gasteiger partial charge in [-0.25, -0.2) is 21.6 Å². The number of carbonyl (C=O) groups is 2. The summed E-state index contributed by atoms with van der Waals surface area (Å²) < 4.78 is 62.9. The van der Waals surface area contributed by atoms with E-state index >= 15 is 0 Å². The number of esters is 1. The van der Waals surface area contributed by atoms with Gasteiger partial charge >= 0.3 is 5.97 Å². The summed E-state index contributed by atoms with van der Waals surface area (Å²) in [5.41, 5.74) is 10.2. The maximum absolute atomic E-state index is 11.9. The highest BCUT2D eigenvalue weighted by Crippen LogP contribution is 2.38. The molecule has 0 saturated carbocycles. The number of amides is 1. The molecule has 0 saturated heterocycles. The van der Waals surface area contributed by atoms with Crippen LogP contribution in [-0.2, 0) is 45.1 Å². The quantitative estimate of drug-likeness (QED) is 0.304. The van der Waals surface area contributed by atoms with Crippen LogP contribution in [0.25, 0.3) is 0 Å². The maximum atomic E-state index is 11.9. The zero-order valence-electron chi connectivity index (χ0n) is 21.5. The Labute approximate surface area is 220 Å². The van der Waals surface area contributed by atoms with Crippen LogP contribution in [0.1, 0.15) is 59.5 Å². The van der Waals surface area contributed by atoms with Crippen LogP contribution >= 0.6 is 0 Å². The molecule has 2 aromatic carbocycles. The third-order valence-electron chi connectivity index (χ3n) is 5.98. The van der Waals surface area contributed by atoms with E-state index in [2.05, 4.69) is 9.73 Å². The van der Waals surface area contributed by atoms with Crippen molar-refractivity contribution >= 4 is 37.5 Å². The van der Waals surface area contributed by atoms with E-state index in [1.165, 1.54) is 43.5 Å². The predicted molar refractivity (Wildman–Crippen MR) is 137 cm³/mol. The van der Waals surface area contributed by atoms with Crippen molar-refractivity contribution in [1.82, 2.24) is 0 Å². The minimum Gasteiger partial charge on any atom is -0.465 e. The van der Waals surface area contributed by atoms with Crippen LogP contribution in [0.3, 0.4) is 0 Å². The Balaban J connectivity index is 0.000000212. The van der Waals surface area contributed by atoms with Crippen LogP contribution in [0, 0.1) is 0 Å². The van der Waals surface area contributed by atoms with Gasteiger partial charge in [0.1, 0.15) is 0 Å². The van der Waals surface area contributed by atoms with Gasteiger partial charge in [-0.1, -0.05) is 0 Å². The molecule has 2 aliphatic rings. The smallest absolute Gasteiger partial charge is 0.337 e. The lowest BCUT2D eigenvalue weighted by Gasteiger charge is -2.32. The number of nitrogens with two attached hydrogens (primary N) is 2. The summed E-state index contributed by atoms with van der Waals surface area (Å²) in [7, 11) is -5.66. The van der Waals surface area contributed by atoms with E-state index in [1.54, 1.807) is 27.7 Å². The Hall–Kier alpha value is -3.33. The van der Waals surface area contributed by atoms with Gasteiger partial charge in [-0.05, 0) is 64.1 Å². The molecule has 0 radical (unpaired) electrons. The summed E-state index contributed by atoms with van der Waals surface area (Å²) in [5.74, 6) is -2.21. The SMILES string of the molecule is CC1(C)OCS(=O)(=O)c2ccc(C(=O)N=C(N)N)cc21.COC(=O)c1ccc2c(c1)C(C)(C)OCS2(=O)=O. The molecule has 2 heterocycles. The van der Waals surface area contributed by atoms with Crippen LogP contribution in [-0.4, -0.2) is 53.7 Å². The molecule has 4 N–H and O–H groups in total. The number of aliphatic imine (C=N–C) groups is 1. The lowest BCUT2D eigenvalue weighted by molar-refractivity contribution is -0.00263. The molecule has 14 heteroatoms. The molecule has 4 rings (SSSR count). The summed E-state index contributed by atoms with van der Waals surface area (Å²) in [6, 6.07) is 8.60. The Bertz CT molecular complexity index is 1540. The number of benzene rings is 2. The molecule has 0 spiro atoms. The van der Waals surface area contributed by atoms with E-state index in [9.17, 15) is 26.4 Å². The second kappa shape index (κ2) is 10.1. The molecule has 1 amide bonds. The number of sulfone groups is 2. The minimum atomic E-state index is -3.50. The van der Waals surface area contributed by atoms with E-state index in [4.69, 9.17) is 20.9 Å². The molecule has 0 fully saturated rings. The Morgan fingerprint density at radius 3 is 1.66 bits per heavy atom. The molecule has 12 nitrogen and oxygen atoms in total. The predicted octanol–water partition coefficient (Wildman–Crippen LogP) is 1.57. The average Bonchev–Trinajstić information content (AvgIpc) is 2.84. The molecule has 0 aliphatic carbocycles. The average molecular weight is 568 g/mol. The number of hydrogen-bond acceptors (Lipinski definition) is 9. The number of fused-ring (bicyclic) bond motifs is 2. The number of rotatable bonds is 2. The van der Waals surface area contributed by atoms with Crippen molar-refractivity contribution in [2.75, 3.05) is 19.0 Å². The first-order chi connectivity index (χ1) is 17.4. The van der Waals surface area contributed by atoms with Crippen molar-refractivity contribution in [2.24, 2.45) is 16.5 Å². The van der Waals surface area contributed by atoms with Crippen LogP contribution in [0.15, 0.2) is 51.2 Å². The van der Waals surface area contributed by atoms with Crippen LogP contribution < -0.4 is 11.5 Å². The molecule has 2 aromatic rings. The van der Waals surface area contributed by atoms with E-state index in [0.29, 0.717) is 16.7 Å². The first-order valence-electron chi connectivity index (χ1n) is 11.2. The zero-order chi connectivity index (χ0) is 28.7. The molecule has 0 unspecified atom stereocenters. The summed E-state index contributed by atoms with van der Waals surface area (Å²) in [6.45, 7) is 6.99. The molecule has 2 aliphatic heterocycles. The lowest BCUT2D eigenvalue weighted by atomic mass is 9.95. The lowest BCUT2D eigenvalue weighted by Crippen LogP contribution is -2.33. The summed E-state index contributed by atoms with van der Waals surface area (Å²) in [6.07, 6.45) is 0. The second-order valence-electron chi connectivity index (χ2n) is 9.53. The molecule has 0 atom stereocenters. The van der Waals surface area contributed by atoms with Gasteiger partial charge in [-0.3, -0.25) is 4.79 Å². The Kier molecular flexibility index (Phi) is 7.76. The highest BCUT2D eigenvalue weighted by atomic mass is 32.2. The van der Waals surface area contributed by atoms with E-state index < -0.39 is 42.8 Å². The fraction of sp³-hybridized carbons (Fsp3) is 0.375. The molecule has 38 heavy (non-hydrogen) atoms. The first-order valence-corrected chi connectivity index (χ1v) is 14.5. The van der Waals surface area contributed by atoms with Crippen molar-refractivity contribution in [2.45, 2.75) is 48.7 Å². The van der Waals surface area contributed by atoms with Crippen LogP contribution in [0.4, 0.5) is 0 Å². The monoisotopic (exact) mass is 567 g/mol. The summed E-state index contributed by atoms with van der Waals surface area (Å²) in [5, 5.41) is 0. The molecular weight excluding hydrogens is 538 g/mol. The number of ether oxygens (including phenoxy) is 3. The summed E-state index contributed by atoms with van der Waals surface area (Å²) in [4.78, 5) is 27.0. The topological polar surface area (TPSA) is 195 Å². The first kappa shape index (κ1) is 29.2. The number of guanidine groups is 1. The highest BCUT2D eigenvalue weighted by molar-refractivity contribution is 7.91. The largest absolute Gasteiger partial charge is 0.465 e. The van der Waals surface area contributed by atoms with Crippen molar-refractivity contribution in [3.05, 3.63) is 58.7 Å². The third-order valence-corrected chi connectivity index (χ3v) is 8.88. The number of hydrogen-bond donors (Lipinski definition) is 2. The van der Waals surface area contributed by atoms with Crippen molar-refractivity contribution in [3.8, 4) is 0 Å². The fourth-order valence-electron chi connectivity index (χ4n) is 3.84. The standard InChI is InChI=1S/C12H15N3O4S.C12H14O5S/c1-12(2)8-5-7(10(16)15-11(13)14)3-4-9(8)20(17,18)6-19-12;1-12(2)9-6-8(11(13)16-3)4-5-10(9)18(14,15)7-17-12/h3-5H,6H2,1-2H3,(H4,13,14,15,16);4-6H,7H2,1-3H3. The minimum absolute atomic E-state index is 0.162. The van der Waals surface area contributed by atoms with Gasteiger partial charge in [0.15, 0.2) is 17.8 Å². The molecular formula is C24H29N3O9S2.